The van der Waals surface area contributed by atoms with E-state index < -0.39 is 17.0 Å². The van der Waals surface area contributed by atoms with Crippen LogP contribution in [0.3, 0.4) is 0 Å². The molecule has 1 aromatic carbocycles. The predicted octanol–water partition coefficient (Wildman–Crippen LogP) is 1.18. The molecular formula is C9H11NO3S. The SMILES string of the molecule is COC(=O)c1ccccc1NS(C)=O. The van der Waals surface area contributed by atoms with E-state index in [0.717, 1.165) is 0 Å². The second-order valence-corrected chi connectivity index (χ2v) is 3.71. The summed E-state index contributed by atoms with van der Waals surface area (Å²) in [6.45, 7) is 0. The van der Waals surface area contributed by atoms with Crippen LogP contribution in [0, 0.1) is 0 Å². The Kier molecular flexibility index (Phi) is 3.64. The Morgan fingerprint density at radius 1 is 1.43 bits per heavy atom. The number of nitrogens with one attached hydrogen (secondary N) is 1. The first-order chi connectivity index (χ1) is 6.65. The molecule has 0 amide bonds. The van der Waals surface area contributed by atoms with Gasteiger partial charge in [-0.25, -0.2) is 9.00 Å². The Morgan fingerprint density at radius 2 is 2.07 bits per heavy atom. The van der Waals surface area contributed by atoms with Crippen molar-refractivity contribution in [1.82, 2.24) is 0 Å². The quantitative estimate of drug-likeness (QED) is 0.767. The number of methoxy groups -OCH3 is 1. The Morgan fingerprint density at radius 3 is 2.64 bits per heavy atom. The summed E-state index contributed by atoms with van der Waals surface area (Å²) in [5.41, 5.74) is 0.894. The third-order valence-corrected chi connectivity index (χ3v) is 2.09. The molecule has 1 aromatic rings. The zero-order valence-corrected chi connectivity index (χ0v) is 8.76. The average molecular weight is 213 g/mol. The fourth-order valence-electron chi connectivity index (χ4n) is 1.01. The molecule has 0 saturated carbocycles. The van der Waals surface area contributed by atoms with Crippen LogP contribution in [0.4, 0.5) is 5.69 Å². The predicted molar refractivity (Wildman–Crippen MR) is 55.5 cm³/mol. The van der Waals surface area contributed by atoms with Crippen LogP contribution < -0.4 is 4.72 Å². The normalized spacial score (nSPS) is 11.9. The molecule has 0 heterocycles. The second kappa shape index (κ2) is 4.76. The Hall–Kier alpha value is -1.36. The van der Waals surface area contributed by atoms with Gasteiger partial charge in [0.05, 0.1) is 18.4 Å². The second-order valence-electron chi connectivity index (χ2n) is 2.59. The lowest BCUT2D eigenvalue weighted by atomic mass is 10.2. The zero-order chi connectivity index (χ0) is 10.6. The molecule has 1 atom stereocenters. The molecule has 4 nitrogen and oxygen atoms in total. The van der Waals surface area contributed by atoms with E-state index in [1.165, 1.54) is 13.4 Å². The number of hydrogen-bond donors (Lipinski definition) is 1. The van der Waals surface area contributed by atoms with E-state index in [0.29, 0.717) is 11.3 Å². The summed E-state index contributed by atoms with van der Waals surface area (Å²) in [6, 6.07) is 6.76. The van der Waals surface area contributed by atoms with E-state index in [4.69, 9.17) is 0 Å². The first-order valence-electron chi connectivity index (χ1n) is 3.92. The van der Waals surface area contributed by atoms with E-state index >= 15 is 0 Å². The highest BCUT2D eigenvalue weighted by molar-refractivity contribution is 7.85. The monoisotopic (exact) mass is 213 g/mol. The molecule has 1 unspecified atom stereocenters. The zero-order valence-electron chi connectivity index (χ0n) is 7.94. The van der Waals surface area contributed by atoms with E-state index in [2.05, 4.69) is 9.46 Å². The smallest absolute Gasteiger partial charge is 0.339 e. The lowest BCUT2D eigenvalue weighted by molar-refractivity contribution is 0.0602. The number of rotatable bonds is 3. The summed E-state index contributed by atoms with van der Waals surface area (Å²) in [4.78, 5) is 11.3. The number of benzene rings is 1. The first kappa shape index (κ1) is 10.7. The third kappa shape index (κ3) is 2.56. The molecule has 1 N–H and O–H groups in total. The molecule has 0 spiro atoms. The highest BCUT2D eigenvalue weighted by atomic mass is 32.2. The summed E-state index contributed by atoms with van der Waals surface area (Å²) in [6.07, 6.45) is 1.49. The van der Waals surface area contributed by atoms with Gasteiger partial charge in [-0.3, -0.25) is 0 Å². The van der Waals surface area contributed by atoms with Gasteiger partial charge < -0.3 is 9.46 Å². The van der Waals surface area contributed by atoms with Gasteiger partial charge in [-0.2, -0.15) is 0 Å². The van der Waals surface area contributed by atoms with Crippen LogP contribution in [0.25, 0.3) is 0 Å². The lowest BCUT2D eigenvalue weighted by Gasteiger charge is -2.07. The molecule has 76 valence electrons. The van der Waals surface area contributed by atoms with E-state index in [9.17, 15) is 9.00 Å². The van der Waals surface area contributed by atoms with Crippen LogP contribution in [0.5, 0.6) is 0 Å². The number of carbonyl (C=O) groups excluding carboxylic acids is 1. The highest BCUT2D eigenvalue weighted by Crippen LogP contribution is 2.15. The summed E-state index contributed by atoms with van der Waals surface area (Å²) in [5.74, 6) is -0.446. The fraction of sp³-hybridized carbons (Fsp3) is 0.222. The van der Waals surface area contributed by atoms with Crippen molar-refractivity contribution in [2.75, 3.05) is 18.1 Å². The summed E-state index contributed by atoms with van der Waals surface area (Å²) in [7, 11) is 0.104. The fourth-order valence-corrected chi connectivity index (χ4v) is 1.50. The van der Waals surface area contributed by atoms with Gasteiger partial charge in [-0.1, -0.05) is 12.1 Å². The van der Waals surface area contributed by atoms with Crippen LogP contribution >= 0.6 is 0 Å². The molecule has 5 heteroatoms. The van der Waals surface area contributed by atoms with Crippen molar-refractivity contribution in [1.29, 1.82) is 0 Å². The van der Waals surface area contributed by atoms with Gasteiger partial charge in [0.15, 0.2) is 0 Å². The first-order valence-corrected chi connectivity index (χ1v) is 5.48. The van der Waals surface area contributed by atoms with E-state index in [-0.39, 0.29) is 0 Å². The van der Waals surface area contributed by atoms with Crippen molar-refractivity contribution >= 4 is 22.6 Å². The van der Waals surface area contributed by atoms with Crippen molar-refractivity contribution in [2.24, 2.45) is 0 Å². The molecule has 0 aromatic heterocycles. The number of hydrogen-bond acceptors (Lipinski definition) is 3. The van der Waals surface area contributed by atoms with Crippen molar-refractivity contribution in [2.45, 2.75) is 0 Å². The molecule has 0 fully saturated rings. The van der Waals surface area contributed by atoms with Gasteiger partial charge in [0.1, 0.15) is 11.0 Å². The third-order valence-electron chi connectivity index (χ3n) is 1.59. The Balaban J connectivity index is 3.02. The lowest BCUT2D eigenvalue weighted by Crippen LogP contribution is -2.09. The minimum absolute atomic E-state index is 0.380. The van der Waals surface area contributed by atoms with E-state index in [1.807, 2.05) is 0 Å². The van der Waals surface area contributed by atoms with Gasteiger partial charge in [0.25, 0.3) is 0 Å². The molecule has 0 saturated heterocycles. The highest BCUT2D eigenvalue weighted by Gasteiger charge is 2.10. The van der Waals surface area contributed by atoms with Crippen LogP contribution in [0.2, 0.25) is 0 Å². The van der Waals surface area contributed by atoms with Crippen molar-refractivity contribution in [3.05, 3.63) is 29.8 Å². The van der Waals surface area contributed by atoms with Crippen LogP contribution in [-0.4, -0.2) is 23.5 Å². The van der Waals surface area contributed by atoms with Gasteiger partial charge in [0, 0.05) is 6.26 Å². The van der Waals surface area contributed by atoms with Gasteiger partial charge in [0.2, 0.25) is 0 Å². The van der Waals surface area contributed by atoms with Crippen LogP contribution in [-0.2, 0) is 15.7 Å². The number of carbonyl (C=O) groups is 1. The molecule has 0 radical (unpaired) electrons. The standard InChI is InChI=1S/C9H11NO3S/c1-13-9(11)7-5-3-4-6-8(7)10-14(2)12/h3-6,10H,1-2H3. The number of ether oxygens (including phenoxy) is 1. The van der Waals surface area contributed by atoms with Crippen molar-refractivity contribution in [3.8, 4) is 0 Å². The Labute approximate surface area is 84.9 Å². The largest absolute Gasteiger partial charge is 0.465 e. The molecule has 0 aliphatic carbocycles. The molecule has 14 heavy (non-hydrogen) atoms. The molecular weight excluding hydrogens is 202 g/mol. The summed E-state index contributed by atoms with van der Waals surface area (Å²) >= 11 is 0. The topological polar surface area (TPSA) is 55.4 Å². The van der Waals surface area contributed by atoms with Gasteiger partial charge in [-0.05, 0) is 12.1 Å². The minimum atomic E-state index is -1.20. The van der Waals surface area contributed by atoms with Crippen molar-refractivity contribution < 1.29 is 13.7 Å². The maximum Gasteiger partial charge on any atom is 0.339 e. The molecule has 0 aliphatic rings. The van der Waals surface area contributed by atoms with Gasteiger partial charge >= 0.3 is 5.97 Å². The van der Waals surface area contributed by atoms with Crippen LogP contribution in [0.15, 0.2) is 24.3 Å². The maximum atomic E-state index is 11.3. The minimum Gasteiger partial charge on any atom is -0.465 e. The molecule has 0 bridgehead atoms. The number of anilines is 1. The molecule has 1 rings (SSSR count). The number of para-hydroxylation sites is 1. The van der Waals surface area contributed by atoms with E-state index in [1.54, 1.807) is 24.3 Å². The van der Waals surface area contributed by atoms with Crippen LogP contribution in [0.1, 0.15) is 10.4 Å². The summed E-state index contributed by atoms with van der Waals surface area (Å²) in [5, 5.41) is 0. The molecule has 0 aliphatic heterocycles. The Bertz CT molecular complexity index is 365. The average Bonchev–Trinajstić information content (AvgIpc) is 2.16. The summed E-state index contributed by atoms with van der Waals surface area (Å²) < 4.78 is 18.2. The number of esters is 1. The van der Waals surface area contributed by atoms with Crippen molar-refractivity contribution in [3.63, 3.8) is 0 Å². The van der Waals surface area contributed by atoms with Gasteiger partial charge in [-0.15, -0.1) is 0 Å². The maximum absolute atomic E-state index is 11.3.